The normalized spacial score (nSPS) is 19.0. The number of H-pyrrole nitrogens is 1. The number of aryl methyl sites for hydroxylation is 1. The zero-order valence-electron chi connectivity index (χ0n) is 23.5. The maximum atomic E-state index is 14.0. The van der Waals surface area contributed by atoms with Crippen molar-refractivity contribution in [3.8, 4) is 0 Å². The SMILES string of the molecule is CCOC(=O)[C@H]1NC(=O)[C@H](Nc2ccc3cc[nH]c(=O)c3c2)c2ccc(c(C)c2)[C@@H](C)COC(=O)Nc2cccc1c2. The smallest absolute Gasteiger partial charge is 0.411 e. The first kappa shape index (κ1) is 28.4. The van der Waals surface area contributed by atoms with Gasteiger partial charge in [-0.2, -0.15) is 0 Å². The van der Waals surface area contributed by atoms with E-state index in [1.807, 2.05) is 32.0 Å². The number of fused-ring (bicyclic) bond motifs is 10. The van der Waals surface area contributed by atoms with Gasteiger partial charge in [0, 0.05) is 28.9 Å². The first-order valence-corrected chi connectivity index (χ1v) is 13.7. The molecule has 4 bridgehead atoms. The van der Waals surface area contributed by atoms with Crippen LogP contribution in [0.3, 0.4) is 0 Å². The minimum Gasteiger partial charge on any atom is -0.464 e. The molecule has 2 amide bonds. The molecule has 10 nitrogen and oxygen atoms in total. The van der Waals surface area contributed by atoms with E-state index in [1.54, 1.807) is 61.7 Å². The zero-order valence-corrected chi connectivity index (χ0v) is 23.5. The average molecular weight is 569 g/mol. The number of hydrogen-bond acceptors (Lipinski definition) is 7. The number of pyridine rings is 1. The van der Waals surface area contributed by atoms with Crippen molar-refractivity contribution in [2.45, 2.75) is 38.8 Å². The summed E-state index contributed by atoms with van der Waals surface area (Å²) in [6.45, 7) is 5.82. The van der Waals surface area contributed by atoms with Crippen LogP contribution in [-0.2, 0) is 19.1 Å². The van der Waals surface area contributed by atoms with Gasteiger partial charge in [-0.1, -0.05) is 43.3 Å². The third kappa shape index (κ3) is 6.12. The number of anilines is 2. The summed E-state index contributed by atoms with van der Waals surface area (Å²) in [5, 5.41) is 10.0. The van der Waals surface area contributed by atoms with Crippen molar-refractivity contribution in [3.63, 3.8) is 0 Å². The quantitative estimate of drug-likeness (QED) is 0.252. The second-order valence-corrected chi connectivity index (χ2v) is 10.2. The Bertz CT molecular complexity index is 1720. The lowest BCUT2D eigenvalue weighted by molar-refractivity contribution is -0.147. The Morgan fingerprint density at radius 1 is 1.02 bits per heavy atom. The van der Waals surface area contributed by atoms with Crippen LogP contribution in [0.1, 0.15) is 54.1 Å². The maximum absolute atomic E-state index is 14.0. The number of ether oxygens (including phenoxy) is 2. The molecule has 3 aromatic carbocycles. The summed E-state index contributed by atoms with van der Waals surface area (Å²) >= 11 is 0. The minimum atomic E-state index is -1.16. The number of amides is 2. The third-order valence-corrected chi connectivity index (χ3v) is 7.25. The molecule has 3 heterocycles. The largest absolute Gasteiger partial charge is 0.464 e. The molecule has 0 spiro atoms. The Labute approximate surface area is 242 Å². The number of hydrogen-bond donors (Lipinski definition) is 4. The molecule has 4 aromatic rings. The van der Waals surface area contributed by atoms with Gasteiger partial charge in [-0.25, -0.2) is 9.59 Å². The van der Waals surface area contributed by atoms with Crippen molar-refractivity contribution in [2.75, 3.05) is 23.8 Å². The molecule has 4 N–H and O–H groups in total. The highest BCUT2D eigenvalue weighted by atomic mass is 16.5. The van der Waals surface area contributed by atoms with Crippen LogP contribution in [-0.4, -0.2) is 36.2 Å². The molecule has 0 radical (unpaired) electrons. The van der Waals surface area contributed by atoms with E-state index in [9.17, 15) is 19.2 Å². The fourth-order valence-electron chi connectivity index (χ4n) is 5.14. The predicted molar refractivity (Wildman–Crippen MR) is 159 cm³/mol. The number of benzene rings is 3. The lowest BCUT2D eigenvalue weighted by Gasteiger charge is -2.25. The Morgan fingerprint density at radius 2 is 1.86 bits per heavy atom. The second-order valence-electron chi connectivity index (χ2n) is 10.2. The maximum Gasteiger partial charge on any atom is 0.411 e. The topological polar surface area (TPSA) is 139 Å². The summed E-state index contributed by atoms with van der Waals surface area (Å²) in [7, 11) is 0. The van der Waals surface area contributed by atoms with Gasteiger partial charge in [0.2, 0.25) is 5.91 Å². The fraction of sp³-hybridized carbons (Fsp3) is 0.250. The van der Waals surface area contributed by atoms with E-state index in [0.717, 1.165) is 16.5 Å². The average Bonchev–Trinajstić information content (AvgIpc) is 2.97. The highest BCUT2D eigenvalue weighted by Crippen LogP contribution is 2.29. The summed E-state index contributed by atoms with van der Waals surface area (Å²) in [6, 6.07) is 17.2. The first-order chi connectivity index (χ1) is 20.2. The second kappa shape index (κ2) is 12.2. The number of carbonyl (C=O) groups is 3. The molecule has 42 heavy (non-hydrogen) atoms. The van der Waals surface area contributed by atoms with Crippen LogP contribution in [0.25, 0.3) is 10.8 Å². The molecule has 2 aliphatic heterocycles. The van der Waals surface area contributed by atoms with Crippen LogP contribution in [0.2, 0.25) is 0 Å². The minimum absolute atomic E-state index is 0.107. The Hall–Kier alpha value is -5.12. The van der Waals surface area contributed by atoms with Gasteiger partial charge < -0.3 is 25.1 Å². The number of nitrogens with one attached hydrogen (secondary N) is 4. The van der Waals surface area contributed by atoms with E-state index in [2.05, 4.69) is 20.9 Å². The molecule has 10 heteroatoms. The van der Waals surface area contributed by atoms with Gasteiger partial charge in [0.05, 0.1) is 13.2 Å². The summed E-state index contributed by atoms with van der Waals surface area (Å²) in [5.74, 6) is -1.24. The molecule has 0 fully saturated rings. The van der Waals surface area contributed by atoms with E-state index in [0.29, 0.717) is 27.9 Å². The predicted octanol–water partition coefficient (Wildman–Crippen LogP) is 5.08. The Kier molecular flexibility index (Phi) is 8.24. The van der Waals surface area contributed by atoms with Gasteiger partial charge >= 0.3 is 12.1 Å². The van der Waals surface area contributed by atoms with E-state index >= 15 is 0 Å². The summed E-state index contributed by atoms with van der Waals surface area (Å²) in [4.78, 5) is 54.8. The molecule has 0 aliphatic carbocycles. The van der Waals surface area contributed by atoms with Crippen molar-refractivity contribution in [2.24, 2.45) is 0 Å². The van der Waals surface area contributed by atoms with Crippen LogP contribution in [0.15, 0.2) is 77.7 Å². The van der Waals surface area contributed by atoms with Crippen LogP contribution >= 0.6 is 0 Å². The standard InChI is InChI=1S/C32H32N4O6/c1-4-41-31(39)28-21-6-5-7-23(15-21)35-32(40)42-17-19(3)25-11-9-22(14-18(25)2)27(30(38)36-28)34-24-10-8-20-12-13-33-29(37)26(20)16-24/h5-16,19,27-28,34H,4,17H2,1-3H3,(H,33,37)(H,35,40)(H,36,38)/t19-,27+,28-/m0/s1. The summed E-state index contributed by atoms with van der Waals surface area (Å²) in [6.07, 6.45) is 0.954. The molecule has 1 aromatic heterocycles. The molecule has 216 valence electrons. The Balaban J connectivity index is 1.60. The van der Waals surface area contributed by atoms with Crippen molar-refractivity contribution >= 4 is 40.1 Å². The fourth-order valence-corrected chi connectivity index (χ4v) is 5.14. The van der Waals surface area contributed by atoms with Gasteiger partial charge in [0.15, 0.2) is 6.04 Å². The van der Waals surface area contributed by atoms with Gasteiger partial charge in [0.1, 0.15) is 6.04 Å². The van der Waals surface area contributed by atoms with Gasteiger partial charge in [0.25, 0.3) is 5.56 Å². The summed E-state index contributed by atoms with van der Waals surface area (Å²) < 4.78 is 10.8. The zero-order chi connectivity index (χ0) is 29.8. The van der Waals surface area contributed by atoms with Crippen LogP contribution < -0.4 is 21.5 Å². The monoisotopic (exact) mass is 568 g/mol. The van der Waals surface area contributed by atoms with Gasteiger partial charge in [-0.3, -0.25) is 14.9 Å². The van der Waals surface area contributed by atoms with Crippen molar-refractivity contribution in [1.29, 1.82) is 0 Å². The molecule has 0 unspecified atom stereocenters. The van der Waals surface area contributed by atoms with Crippen molar-refractivity contribution < 1.29 is 23.9 Å². The number of aromatic amines is 1. The Morgan fingerprint density at radius 3 is 2.64 bits per heavy atom. The van der Waals surface area contributed by atoms with Gasteiger partial charge in [-0.15, -0.1) is 0 Å². The van der Waals surface area contributed by atoms with Crippen molar-refractivity contribution in [1.82, 2.24) is 10.3 Å². The number of aromatic nitrogens is 1. The van der Waals surface area contributed by atoms with E-state index < -0.39 is 30.1 Å². The number of rotatable bonds is 4. The number of carbonyl (C=O) groups excluding carboxylic acids is 3. The third-order valence-electron chi connectivity index (χ3n) is 7.25. The highest BCUT2D eigenvalue weighted by molar-refractivity contribution is 5.92. The van der Waals surface area contributed by atoms with Gasteiger partial charge in [-0.05, 0) is 71.8 Å². The van der Waals surface area contributed by atoms with E-state index in [4.69, 9.17) is 9.47 Å². The van der Waals surface area contributed by atoms with Crippen LogP contribution in [0, 0.1) is 6.92 Å². The highest BCUT2D eigenvalue weighted by Gasteiger charge is 2.30. The molecular formula is C32H32N4O6. The molecule has 0 saturated heterocycles. The molecule has 0 saturated carbocycles. The molecular weight excluding hydrogens is 536 g/mol. The summed E-state index contributed by atoms with van der Waals surface area (Å²) in [5.41, 5.74) is 3.63. The van der Waals surface area contributed by atoms with Crippen molar-refractivity contribution in [3.05, 3.63) is 106 Å². The molecule has 3 atom stereocenters. The molecule has 2 aliphatic rings. The first-order valence-electron chi connectivity index (χ1n) is 13.7. The molecule has 6 rings (SSSR count). The van der Waals surface area contributed by atoms with Crippen LogP contribution in [0.4, 0.5) is 16.2 Å². The van der Waals surface area contributed by atoms with Crippen LogP contribution in [0.5, 0.6) is 0 Å². The van der Waals surface area contributed by atoms with E-state index in [1.165, 1.54) is 0 Å². The van der Waals surface area contributed by atoms with E-state index in [-0.39, 0.29) is 24.7 Å². The number of esters is 1. The lowest BCUT2D eigenvalue weighted by Crippen LogP contribution is -2.40. The lowest BCUT2D eigenvalue weighted by atomic mass is 9.92.